The number of nitrogens with one attached hydrogen (secondary N) is 2. The van der Waals surface area contributed by atoms with Crippen LogP contribution in [0.5, 0.6) is 0 Å². The van der Waals surface area contributed by atoms with Crippen LogP contribution in [0.1, 0.15) is 26.2 Å². The maximum absolute atomic E-state index is 11.7. The van der Waals surface area contributed by atoms with Crippen LogP contribution in [-0.4, -0.2) is 38.8 Å². The quantitative estimate of drug-likeness (QED) is 0.735. The lowest BCUT2D eigenvalue weighted by atomic mass is 9.88. The molecular weight excluding hydrogens is 204 g/mol. The van der Waals surface area contributed by atoms with Crippen LogP contribution < -0.4 is 10.6 Å². The molecule has 0 aromatic rings. The predicted octanol–water partition coefficient (Wildman–Crippen LogP) is 0.529. The molecule has 4 heteroatoms. The van der Waals surface area contributed by atoms with E-state index in [4.69, 9.17) is 4.74 Å². The van der Waals surface area contributed by atoms with Gasteiger partial charge in [0.15, 0.2) is 0 Å². The van der Waals surface area contributed by atoms with Gasteiger partial charge in [-0.05, 0) is 31.8 Å². The van der Waals surface area contributed by atoms with Crippen molar-refractivity contribution in [2.75, 3.05) is 32.8 Å². The van der Waals surface area contributed by atoms with Gasteiger partial charge in [0, 0.05) is 18.4 Å². The molecule has 0 aliphatic carbocycles. The van der Waals surface area contributed by atoms with Crippen molar-refractivity contribution in [2.24, 2.45) is 11.3 Å². The van der Waals surface area contributed by atoms with Crippen molar-refractivity contribution in [3.8, 4) is 0 Å². The summed E-state index contributed by atoms with van der Waals surface area (Å²) in [5.41, 5.74) is 0.184. The molecule has 0 radical (unpaired) electrons. The molecule has 0 aromatic carbocycles. The van der Waals surface area contributed by atoms with Gasteiger partial charge in [0.1, 0.15) is 0 Å². The minimum Gasteiger partial charge on any atom is -0.380 e. The highest BCUT2D eigenvalue weighted by Gasteiger charge is 2.33. The minimum atomic E-state index is 0.184. The first-order valence-corrected chi connectivity index (χ1v) is 6.23. The average Bonchev–Trinajstić information content (AvgIpc) is 2.25. The Bertz CT molecular complexity index is 245. The van der Waals surface area contributed by atoms with Crippen LogP contribution in [0.2, 0.25) is 0 Å². The molecule has 0 bridgehead atoms. The Balaban J connectivity index is 1.63. The van der Waals surface area contributed by atoms with E-state index in [1.54, 1.807) is 0 Å². The summed E-state index contributed by atoms with van der Waals surface area (Å²) in [7, 11) is 0. The monoisotopic (exact) mass is 226 g/mol. The summed E-state index contributed by atoms with van der Waals surface area (Å²) in [6, 6.07) is 0. The summed E-state index contributed by atoms with van der Waals surface area (Å²) in [6.07, 6.45) is 2.96. The highest BCUT2D eigenvalue weighted by molar-refractivity contribution is 5.76. The summed E-state index contributed by atoms with van der Waals surface area (Å²) in [5, 5.41) is 6.35. The lowest BCUT2D eigenvalue weighted by Gasteiger charge is -2.38. The Kier molecular flexibility index (Phi) is 3.82. The molecule has 2 fully saturated rings. The van der Waals surface area contributed by atoms with Crippen LogP contribution in [-0.2, 0) is 9.53 Å². The van der Waals surface area contributed by atoms with Gasteiger partial charge in [-0.3, -0.25) is 4.79 Å². The van der Waals surface area contributed by atoms with Gasteiger partial charge in [-0.2, -0.15) is 0 Å². The zero-order chi connectivity index (χ0) is 11.4. The Morgan fingerprint density at radius 2 is 2.12 bits per heavy atom. The molecule has 2 heterocycles. The van der Waals surface area contributed by atoms with E-state index < -0.39 is 0 Å². The maximum Gasteiger partial charge on any atom is 0.220 e. The number of hydrogen-bond donors (Lipinski definition) is 2. The third-order valence-electron chi connectivity index (χ3n) is 3.55. The molecule has 0 saturated carbocycles. The fraction of sp³-hybridized carbons (Fsp3) is 0.917. The van der Waals surface area contributed by atoms with Crippen LogP contribution in [0.25, 0.3) is 0 Å². The molecular formula is C12H22N2O2. The second-order valence-corrected chi connectivity index (χ2v) is 5.48. The normalized spacial score (nSPS) is 24.8. The molecule has 92 valence electrons. The summed E-state index contributed by atoms with van der Waals surface area (Å²) in [6.45, 7) is 6.59. The second kappa shape index (κ2) is 5.15. The van der Waals surface area contributed by atoms with Crippen LogP contribution in [0.4, 0.5) is 0 Å². The molecule has 2 aliphatic rings. The van der Waals surface area contributed by atoms with Gasteiger partial charge in [-0.25, -0.2) is 0 Å². The Labute approximate surface area is 97.1 Å². The van der Waals surface area contributed by atoms with Crippen LogP contribution in [0.15, 0.2) is 0 Å². The third kappa shape index (κ3) is 3.19. The number of carbonyl (C=O) groups is 1. The number of ether oxygens (including phenoxy) is 1. The van der Waals surface area contributed by atoms with Gasteiger partial charge < -0.3 is 15.4 Å². The van der Waals surface area contributed by atoms with Crippen LogP contribution >= 0.6 is 0 Å². The van der Waals surface area contributed by atoms with Crippen molar-refractivity contribution in [1.82, 2.24) is 10.6 Å². The lowest BCUT2D eigenvalue weighted by molar-refractivity contribution is -0.127. The number of piperidine rings is 1. The molecule has 2 saturated heterocycles. The fourth-order valence-corrected chi connectivity index (χ4v) is 2.28. The fourth-order valence-electron chi connectivity index (χ4n) is 2.28. The van der Waals surface area contributed by atoms with Crippen LogP contribution in [0.3, 0.4) is 0 Å². The van der Waals surface area contributed by atoms with E-state index in [-0.39, 0.29) is 11.3 Å². The number of carbonyl (C=O) groups excluding carboxylic acids is 1. The van der Waals surface area contributed by atoms with Crippen molar-refractivity contribution in [3.63, 3.8) is 0 Å². The average molecular weight is 226 g/mol. The Morgan fingerprint density at radius 1 is 1.44 bits per heavy atom. The topological polar surface area (TPSA) is 50.4 Å². The van der Waals surface area contributed by atoms with E-state index in [2.05, 4.69) is 17.6 Å². The second-order valence-electron chi connectivity index (χ2n) is 5.48. The van der Waals surface area contributed by atoms with Crippen molar-refractivity contribution < 1.29 is 9.53 Å². The summed E-state index contributed by atoms with van der Waals surface area (Å²) in [5.74, 6) is 0.784. The molecule has 0 spiro atoms. The molecule has 0 atom stereocenters. The molecule has 2 rings (SSSR count). The molecule has 4 nitrogen and oxygen atoms in total. The van der Waals surface area contributed by atoms with Crippen molar-refractivity contribution in [3.05, 3.63) is 0 Å². The molecule has 2 N–H and O–H groups in total. The van der Waals surface area contributed by atoms with E-state index in [0.717, 1.165) is 45.7 Å². The van der Waals surface area contributed by atoms with Gasteiger partial charge in [0.2, 0.25) is 5.91 Å². The van der Waals surface area contributed by atoms with Gasteiger partial charge in [0.25, 0.3) is 0 Å². The van der Waals surface area contributed by atoms with Gasteiger partial charge in [-0.1, -0.05) is 6.92 Å². The first-order valence-electron chi connectivity index (χ1n) is 6.23. The van der Waals surface area contributed by atoms with Gasteiger partial charge >= 0.3 is 0 Å². The van der Waals surface area contributed by atoms with Crippen molar-refractivity contribution in [2.45, 2.75) is 26.2 Å². The van der Waals surface area contributed by atoms with E-state index in [1.807, 2.05) is 0 Å². The molecule has 0 aromatic heterocycles. The smallest absolute Gasteiger partial charge is 0.220 e. The first-order chi connectivity index (χ1) is 7.68. The molecule has 0 unspecified atom stereocenters. The summed E-state index contributed by atoms with van der Waals surface area (Å²) < 4.78 is 5.16. The zero-order valence-electron chi connectivity index (χ0n) is 10.1. The van der Waals surface area contributed by atoms with E-state index in [0.29, 0.717) is 12.3 Å². The summed E-state index contributed by atoms with van der Waals surface area (Å²) >= 11 is 0. The Morgan fingerprint density at radius 3 is 2.69 bits per heavy atom. The highest BCUT2D eigenvalue weighted by atomic mass is 16.5. The number of amides is 1. The molecule has 16 heavy (non-hydrogen) atoms. The SMILES string of the molecule is CC1(CNC(=O)CC2CCNCC2)COC1. The van der Waals surface area contributed by atoms with Crippen molar-refractivity contribution >= 4 is 5.91 Å². The van der Waals surface area contributed by atoms with Crippen molar-refractivity contribution in [1.29, 1.82) is 0 Å². The zero-order valence-corrected chi connectivity index (χ0v) is 10.1. The molecule has 1 amide bonds. The minimum absolute atomic E-state index is 0.184. The largest absolute Gasteiger partial charge is 0.380 e. The van der Waals surface area contributed by atoms with E-state index >= 15 is 0 Å². The van der Waals surface area contributed by atoms with E-state index in [9.17, 15) is 4.79 Å². The first kappa shape index (κ1) is 11.9. The number of hydrogen-bond acceptors (Lipinski definition) is 3. The van der Waals surface area contributed by atoms with E-state index in [1.165, 1.54) is 0 Å². The molecule has 2 aliphatic heterocycles. The Hall–Kier alpha value is -0.610. The van der Waals surface area contributed by atoms with Gasteiger partial charge in [0.05, 0.1) is 13.2 Å². The summed E-state index contributed by atoms with van der Waals surface area (Å²) in [4.78, 5) is 11.7. The van der Waals surface area contributed by atoms with Gasteiger partial charge in [-0.15, -0.1) is 0 Å². The standard InChI is InChI=1S/C12H22N2O2/c1-12(8-16-9-12)7-14-11(15)6-10-2-4-13-5-3-10/h10,13H,2-9H2,1H3,(H,14,15). The third-order valence-corrected chi connectivity index (χ3v) is 3.55. The predicted molar refractivity (Wildman–Crippen MR) is 62.1 cm³/mol. The van der Waals surface area contributed by atoms with Crippen LogP contribution in [0, 0.1) is 11.3 Å². The lowest BCUT2D eigenvalue weighted by Crippen LogP contribution is -2.48. The number of rotatable bonds is 4. The maximum atomic E-state index is 11.7. The highest BCUT2D eigenvalue weighted by Crippen LogP contribution is 2.25.